The molecule has 1 atom stereocenters. The summed E-state index contributed by atoms with van der Waals surface area (Å²) in [5.41, 5.74) is 1.74. The van der Waals surface area contributed by atoms with E-state index >= 15 is 0 Å². The summed E-state index contributed by atoms with van der Waals surface area (Å²) in [5.74, 6) is -5.22. The van der Waals surface area contributed by atoms with Gasteiger partial charge < -0.3 is 14.9 Å². The molecular formula is C27H25F6N3O5. The second-order valence-corrected chi connectivity index (χ2v) is 9.29. The molecule has 41 heavy (non-hydrogen) atoms. The van der Waals surface area contributed by atoms with Gasteiger partial charge >= 0.3 is 18.1 Å². The maximum atomic E-state index is 14.8. The molecule has 0 spiro atoms. The van der Waals surface area contributed by atoms with Gasteiger partial charge in [-0.2, -0.15) is 13.2 Å². The summed E-state index contributed by atoms with van der Waals surface area (Å²) in [5, 5.41) is 16.1. The number of alkyl halides is 3. The Morgan fingerprint density at radius 1 is 1.07 bits per heavy atom. The first-order valence-corrected chi connectivity index (χ1v) is 12.2. The summed E-state index contributed by atoms with van der Waals surface area (Å²) < 4.78 is 79.4. The van der Waals surface area contributed by atoms with Gasteiger partial charge in [-0.3, -0.25) is 9.69 Å². The number of fused-ring (bicyclic) bond motifs is 1. The molecule has 220 valence electrons. The van der Waals surface area contributed by atoms with Crippen molar-refractivity contribution >= 4 is 11.9 Å². The predicted octanol–water partition coefficient (Wildman–Crippen LogP) is 5.24. The second-order valence-electron chi connectivity index (χ2n) is 9.29. The molecule has 2 N–H and O–H groups in total. The first-order chi connectivity index (χ1) is 19.2. The Kier molecular flexibility index (Phi) is 10.3. The fourth-order valence-corrected chi connectivity index (χ4v) is 4.06. The Morgan fingerprint density at radius 2 is 1.73 bits per heavy atom. The van der Waals surface area contributed by atoms with Gasteiger partial charge in [-0.15, -0.1) is 0 Å². The predicted molar refractivity (Wildman–Crippen MR) is 132 cm³/mol. The zero-order valence-electron chi connectivity index (χ0n) is 21.6. The third-order valence-corrected chi connectivity index (χ3v) is 5.97. The van der Waals surface area contributed by atoms with E-state index < -0.39 is 35.6 Å². The minimum atomic E-state index is -5.08. The number of carbonyl (C=O) groups is 2. The van der Waals surface area contributed by atoms with Crippen molar-refractivity contribution in [1.29, 1.82) is 0 Å². The number of hydrogen-bond acceptors (Lipinski definition) is 6. The lowest BCUT2D eigenvalue weighted by Gasteiger charge is -2.29. The average molecular weight is 586 g/mol. The minimum Gasteiger partial charge on any atom is -0.489 e. The highest BCUT2D eigenvalue weighted by molar-refractivity contribution is 5.73. The largest absolute Gasteiger partial charge is 0.490 e. The van der Waals surface area contributed by atoms with Crippen LogP contribution in [0.1, 0.15) is 30.2 Å². The number of hydrogen-bond donors (Lipinski definition) is 2. The van der Waals surface area contributed by atoms with E-state index in [-0.39, 0.29) is 41.6 Å². The number of ether oxygens (including phenoxy) is 1. The maximum Gasteiger partial charge on any atom is 0.490 e. The molecule has 14 heteroatoms. The summed E-state index contributed by atoms with van der Waals surface area (Å²) in [7, 11) is 0. The fourth-order valence-electron chi connectivity index (χ4n) is 4.06. The van der Waals surface area contributed by atoms with E-state index in [0.29, 0.717) is 19.5 Å². The van der Waals surface area contributed by atoms with Gasteiger partial charge in [-0.05, 0) is 30.2 Å². The third kappa shape index (κ3) is 8.90. The summed E-state index contributed by atoms with van der Waals surface area (Å²) in [6.45, 7) is 3.55. The Hall–Kier alpha value is -4.20. The van der Waals surface area contributed by atoms with Crippen molar-refractivity contribution in [1.82, 2.24) is 14.9 Å². The van der Waals surface area contributed by atoms with Gasteiger partial charge in [0.05, 0.1) is 16.8 Å². The molecular weight excluding hydrogens is 560 g/mol. The van der Waals surface area contributed by atoms with Gasteiger partial charge in [0, 0.05) is 50.3 Å². The van der Waals surface area contributed by atoms with Crippen molar-refractivity contribution in [3.8, 4) is 17.1 Å². The highest BCUT2D eigenvalue weighted by atomic mass is 19.4. The molecule has 0 amide bonds. The Labute approximate surface area is 230 Å². The van der Waals surface area contributed by atoms with Crippen molar-refractivity contribution in [3.05, 3.63) is 76.9 Å². The van der Waals surface area contributed by atoms with Crippen molar-refractivity contribution < 1.29 is 50.9 Å². The molecule has 0 aliphatic carbocycles. The molecule has 1 unspecified atom stereocenters. The number of benzene rings is 2. The number of nitrogens with zero attached hydrogens (tertiary/aromatic N) is 3. The number of halogens is 6. The molecule has 1 aliphatic heterocycles. The average Bonchev–Trinajstić information content (AvgIpc) is 2.87. The fraction of sp³-hybridized carbons (Fsp3) is 0.333. The van der Waals surface area contributed by atoms with E-state index in [0.717, 1.165) is 36.0 Å². The zero-order valence-corrected chi connectivity index (χ0v) is 21.6. The molecule has 0 bridgehead atoms. The van der Waals surface area contributed by atoms with Crippen LogP contribution in [0.25, 0.3) is 11.4 Å². The van der Waals surface area contributed by atoms with E-state index in [2.05, 4.69) is 14.9 Å². The minimum absolute atomic E-state index is 0.0314. The van der Waals surface area contributed by atoms with Gasteiger partial charge in [0.15, 0.2) is 5.82 Å². The lowest BCUT2D eigenvalue weighted by molar-refractivity contribution is -0.192. The summed E-state index contributed by atoms with van der Waals surface area (Å²) in [6, 6.07) is 7.66. The Balaban J connectivity index is 0.000000587. The molecule has 0 radical (unpaired) electrons. The van der Waals surface area contributed by atoms with Crippen LogP contribution in [0.15, 0.2) is 42.6 Å². The van der Waals surface area contributed by atoms with E-state index in [9.17, 15) is 31.1 Å². The van der Waals surface area contributed by atoms with Gasteiger partial charge in [-0.1, -0.05) is 13.0 Å². The smallest absolute Gasteiger partial charge is 0.489 e. The molecule has 3 aromatic rings. The molecule has 1 aliphatic rings. The number of carboxylic acid groups (broad SMARTS) is 2. The van der Waals surface area contributed by atoms with Crippen molar-refractivity contribution in [2.45, 2.75) is 39.1 Å². The third-order valence-electron chi connectivity index (χ3n) is 5.97. The lowest BCUT2D eigenvalue weighted by atomic mass is 10.0. The van der Waals surface area contributed by atoms with Crippen LogP contribution >= 0.6 is 0 Å². The normalized spacial score (nSPS) is 13.9. The SMILES string of the molecule is CC(CC(=O)O)CN1CCc2nc(-c3ccc(OCc4c(F)cccc4F)cc3F)ncc2C1.O=C(O)C(F)(F)F. The number of carboxylic acids is 2. The quantitative estimate of drug-likeness (QED) is 0.345. The molecule has 2 heterocycles. The van der Waals surface area contributed by atoms with E-state index in [1.165, 1.54) is 18.2 Å². The van der Waals surface area contributed by atoms with Crippen LogP contribution in [0.5, 0.6) is 5.75 Å². The number of aliphatic carboxylic acids is 2. The molecule has 0 saturated heterocycles. The van der Waals surface area contributed by atoms with E-state index in [1.54, 1.807) is 6.20 Å². The van der Waals surface area contributed by atoms with Crippen molar-refractivity contribution in [2.24, 2.45) is 5.92 Å². The topological polar surface area (TPSA) is 113 Å². The second kappa shape index (κ2) is 13.4. The highest BCUT2D eigenvalue weighted by Crippen LogP contribution is 2.27. The van der Waals surface area contributed by atoms with Gasteiger partial charge in [0.1, 0.15) is 29.8 Å². The summed E-state index contributed by atoms with van der Waals surface area (Å²) >= 11 is 0. The van der Waals surface area contributed by atoms with Crippen LogP contribution in [0.4, 0.5) is 26.3 Å². The zero-order chi connectivity index (χ0) is 30.3. The lowest BCUT2D eigenvalue weighted by Crippen LogP contribution is -2.35. The van der Waals surface area contributed by atoms with Crippen molar-refractivity contribution in [3.63, 3.8) is 0 Å². The van der Waals surface area contributed by atoms with Crippen LogP contribution in [0.2, 0.25) is 0 Å². The first kappa shape index (κ1) is 31.3. The standard InChI is InChI=1S/C25H24F3N3O3.C2HF3O2/c1-15(9-24(32)33)12-31-8-7-23-16(13-31)11-29-25(30-23)18-6-5-17(10-22(18)28)34-14-19-20(26)3-2-4-21(19)27;3-2(4,5)1(6)7/h2-6,10-11,15H,7-9,12-14H2,1H3,(H,32,33);(H,6,7). The van der Waals surface area contributed by atoms with Crippen LogP contribution in [0.3, 0.4) is 0 Å². The van der Waals surface area contributed by atoms with Crippen LogP contribution in [0, 0.1) is 23.4 Å². The molecule has 2 aromatic carbocycles. The van der Waals surface area contributed by atoms with Crippen LogP contribution in [-0.4, -0.2) is 56.3 Å². The maximum absolute atomic E-state index is 14.8. The van der Waals surface area contributed by atoms with Crippen LogP contribution in [-0.2, 0) is 29.2 Å². The highest BCUT2D eigenvalue weighted by Gasteiger charge is 2.38. The van der Waals surface area contributed by atoms with E-state index in [1.807, 2.05) is 6.92 Å². The molecule has 8 nitrogen and oxygen atoms in total. The Bertz CT molecular complexity index is 1380. The molecule has 1 aromatic heterocycles. The van der Waals surface area contributed by atoms with Crippen LogP contribution < -0.4 is 4.74 Å². The summed E-state index contributed by atoms with van der Waals surface area (Å²) in [6.07, 6.45) is -2.63. The first-order valence-electron chi connectivity index (χ1n) is 12.2. The Morgan fingerprint density at radius 3 is 2.32 bits per heavy atom. The number of aromatic nitrogens is 2. The summed E-state index contributed by atoms with van der Waals surface area (Å²) in [4.78, 5) is 30.8. The van der Waals surface area contributed by atoms with Gasteiger partial charge in [-0.25, -0.2) is 27.9 Å². The molecule has 4 rings (SSSR count). The van der Waals surface area contributed by atoms with Gasteiger partial charge in [0.25, 0.3) is 0 Å². The van der Waals surface area contributed by atoms with Gasteiger partial charge in [0.2, 0.25) is 0 Å². The molecule has 0 fully saturated rings. The molecule has 0 saturated carbocycles. The monoisotopic (exact) mass is 585 g/mol. The number of rotatable bonds is 8. The van der Waals surface area contributed by atoms with E-state index in [4.69, 9.17) is 19.7 Å². The van der Waals surface area contributed by atoms with Crippen molar-refractivity contribution in [2.75, 3.05) is 13.1 Å².